The molecule has 1 aromatic carbocycles. The van der Waals surface area contributed by atoms with E-state index in [4.69, 9.17) is 5.10 Å². The highest BCUT2D eigenvalue weighted by atomic mass is 19.4. The highest BCUT2D eigenvalue weighted by molar-refractivity contribution is 6.04. The van der Waals surface area contributed by atoms with E-state index < -0.39 is 23.4 Å². The van der Waals surface area contributed by atoms with Crippen LogP contribution >= 0.6 is 0 Å². The number of nitrogens with one attached hydrogen (secondary N) is 1. The van der Waals surface area contributed by atoms with Gasteiger partial charge in [0.1, 0.15) is 11.4 Å². The monoisotopic (exact) mass is 502 g/mol. The Morgan fingerprint density at radius 3 is 2.31 bits per heavy atom. The number of fused-ring (bicyclic) bond motifs is 1. The molecule has 1 saturated carbocycles. The molecule has 0 unspecified atom stereocenters. The van der Waals surface area contributed by atoms with Gasteiger partial charge < -0.3 is 10.4 Å². The Hall–Kier alpha value is -2.94. The summed E-state index contributed by atoms with van der Waals surface area (Å²) in [6.45, 7) is 10.0. The van der Waals surface area contributed by atoms with Gasteiger partial charge in [0.05, 0.1) is 17.2 Å². The fourth-order valence-electron chi connectivity index (χ4n) is 5.00. The second-order valence-corrected chi connectivity index (χ2v) is 11.4. The van der Waals surface area contributed by atoms with Crippen molar-refractivity contribution in [1.29, 1.82) is 0 Å². The molecule has 2 heterocycles. The van der Waals surface area contributed by atoms with Crippen molar-refractivity contribution in [3.8, 4) is 0 Å². The molecule has 1 aliphatic carbocycles. The van der Waals surface area contributed by atoms with Crippen molar-refractivity contribution in [2.24, 2.45) is 11.3 Å². The predicted molar refractivity (Wildman–Crippen MR) is 133 cm³/mol. The van der Waals surface area contributed by atoms with E-state index in [1.807, 2.05) is 10.9 Å². The number of halogens is 3. The normalized spacial score (nSPS) is 19.5. The van der Waals surface area contributed by atoms with Gasteiger partial charge in [-0.25, -0.2) is 4.98 Å². The first-order chi connectivity index (χ1) is 16.6. The van der Waals surface area contributed by atoms with Gasteiger partial charge >= 0.3 is 6.18 Å². The number of anilines is 1. The van der Waals surface area contributed by atoms with Crippen molar-refractivity contribution < 1.29 is 23.1 Å². The lowest BCUT2D eigenvalue weighted by atomic mass is 9.71. The Bertz CT molecular complexity index is 1260. The summed E-state index contributed by atoms with van der Waals surface area (Å²) >= 11 is 0. The Morgan fingerprint density at radius 1 is 1.06 bits per heavy atom. The van der Waals surface area contributed by atoms with Gasteiger partial charge in [-0.2, -0.15) is 18.3 Å². The number of aromatic nitrogens is 3. The molecule has 4 rings (SSSR count). The molecular weight excluding hydrogens is 469 g/mol. The summed E-state index contributed by atoms with van der Waals surface area (Å²) in [5.41, 5.74) is -1.16. The molecule has 1 fully saturated rings. The zero-order valence-corrected chi connectivity index (χ0v) is 21.3. The molecule has 2 aromatic heterocycles. The summed E-state index contributed by atoms with van der Waals surface area (Å²) in [6.07, 6.45) is 1.59. The number of pyridine rings is 1. The van der Waals surface area contributed by atoms with Crippen LogP contribution in [0.3, 0.4) is 0 Å². The van der Waals surface area contributed by atoms with Crippen molar-refractivity contribution >= 4 is 22.5 Å². The number of hydrogen-bond donors (Lipinski definition) is 2. The van der Waals surface area contributed by atoms with E-state index in [0.29, 0.717) is 22.7 Å². The van der Waals surface area contributed by atoms with Gasteiger partial charge in [0.2, 0.25) is 0 Å². The number of hydrogen-bond acceptors (Lipinski definition) is 4. The molecule has 0 spiro atoms. The molecule has 2 N–H and O–H groups in total. The van der Waals surface area contributed by atoms with Crippen LogP contribution < -0.4 is 5.32 Å². The summed E-state index contributed by atoms with van der Waals surface area (Å²) in [7, 11) is 0. The topological polar surface area (TPSA) is 80.0 Å². The second kappa shape index (κ2) is 9.18. The molecule has 1 amide bonds. The first-order valence-electron chi connectivity index (χ1n) is 12.2. The third-order valence-electron chi connectivity index (χ3n) is 7.14. The molecule has 0 radical (unpaired) electrons. The molecule has 3 aromatic rings. The molecule has 0 saturated heterocycles. The van der Waals surface area contributed by atoms with E-state index in [0.717, 1.165) is 43.2 Å². The van der Waals surface area contributed by atoms with E-state index in [-0.39, 0.29) is 17.2 Å². The van der Waals surface area contributed by atoms with E-state index in [1.165, 1.54) is 6.07 Å². The van der Waals surface area contributed by atoms with Crippen molar-refractivity contribution in [3.63, 3.8) is 0 Å². The van der Waals surface area contributed by atoms with Crippen LogP contribution in [0.4, 0.5) is 18.9 Å². The van der Waals surface area contributed by atoms with Crippen LogP contribution in [-0.2, 0) is 11.8 Å². The molecule has 36 heavy (non-hydrogen) atoms. The average Bonchev–Trinajstić information content (AvgIpc) is 3.20. The van der Waals surface area contributed by atoms with Crippen LogP contribution in [-0.4, -0.2) is 25.8 Å². The van der Waals surface area contributed by atoms with Gasteiger partial charge in [0.15, 0.2) is 0 Å². The Balaban J connectivity index is 1.63. The van der Waals surface area contributed by atoms with Crippen molar-refractivity contribution in [3.05, 3.63) is 53.5 Å². The average molecular weight is 503 g/mol. The number of carbonyl (C=O) groups is 1. The minimum atomic E-state index is -4.66. The lowest BCUT2D eigenvalue weighted by Gasteiger charge is -2.37. The highest BCUT2D eigenvalue weighted by Gasteiger charge is 2.33. The second-order valence-electron chi connectivity index (χ2n) is 11.4. The lowest BCUT2D eigenvalue weighted by molar-refractivity contribution is -0.141. The van der Waals surface area contributed by atoms with Crippen LogP contribution in [0.15, 0.2) is 36.5 Å². The molecule has 0 aliphatic heterocycles. The smallest absolute Gasteiger partial charge is 0.386 e. The maximum Gasteiger partial charge on any atom is 0.433 e. The summed E-state index contributed by atoms with van der Waals surface area (Å²) in [5.74, 6) is -0.120. The van der Waals surface area contributed by atoms with E-state index in [9.17, 15) is 23.1 Å². The number of nitrogens with zero attached hydrogens (tertiary/aromatic N) is 3. The van der Waals surface area contributed by atoms with E-state index >= 15 is 0 Å². The van der Waals surface area contributed by atoms with Crippen LogP contribution in [0.2, 0.25) is 0 Å². The minimum Gasteiger partial charge on any atom is -0.386 e. The van der Waals surface area contributed by atoms with E-state index in [2.05, 4.69) is 31.1 Å². The molecular formula is C27H33F3N4O2. The van der Waals surface area contributed by atoms with Crippen LogP contribution in [0, 0.1) is 11.3 Å². The third-order valence-corrected chi connectivity index (χ3v) is 7.14. The predicted octanol–water partition coefficient (Wildman–Crippen LogP) is 6.71. The molecule has 6 nitrogen and oxygen atoms in total. The summed E-state index contributed by atoms with van der Waals surface area (Å²) in [6, 6.07) is 6.88. The van der Waals surface area contributed by atoms with Gasteiger partial charge in [-0.1, -0.05) is 26.8 Å². The Labute approximate surface area is 208 Å². The van der Waals surface area contributed by atoms with Crippen molar-refractivity contribution in [2.75, 3.05) is 5.32 Å². The van der Waals surface area contributed by atoms with Crippen molar-refractivity contribution in [2.45, 2.75) is 78.1 Å². The van der Waals surface area contributed by atoms with Gasteiger partial charge in [-0.3, -0.25) is 9.48 Å². The molecule has 0 bridgehead atoms. The molecule has 0 atom stereocenters. The van der Waals surface area contributed by atoms with Crippen LogP contribution in [0.25, 0.3) is 10.9 Å². The summed E-state index contributed by atoms with van der Waals surface area (Å²) in [4.78, 5) is 16.3. The zero-order valence-electron chi connectivity index (χ0n) is 21.3. The molecule has 9 heteroatoms. The van der Waals surface area contributed by atoms with Gasteiger partial charge in [0, 0.05) is 22.8 Å². The van der Waals surface area contributed by atoms with Crippen molar-refractivity contribution in [1.82, 2.24) is 14.8 Å². The fourth-order valence-corrected chi connectivity index (χ4v) is 5.00. The SMILES string of the molecule is CC(C)(O)c1cc2nn([C@H]3CC[C@H](C(C)(C)C)CC3)cc2cc1NC(=O)c1cccc(C(F)(F)F)n1. The maximum absolute atomic E-state index is 13.1. The van der Waals surface area contributed by atoms with Crippen LogP contribution in [0.1, 0.15) is 88.1 Å². The highest BCUT2D eigenvalue weighted by Crippen LogP contribution is 2.42. The standard InChI is InChI=1S/C27H33F3N4O2/c1-25(2,3)17-9-11-18(12-10-17)34-15-16-13-22(19(26(4,5)36)14-21(16)33-34)32-24(35)20-7-6-8-23(31-20)27(28,29)30/h6-8,13-15,17-18,36H,9-12H2,1-5H3,(H,32,35)/t17-,18-. The number of aliphatic hydroxyl groups is 1. The number of carbonyl (C=O) groups excluding carboxylic acids is 1. The number of benzene rings is 1. The minimum absolute atomic E-state index is 0.272. The molecule has 194 valence electrons. The van der Waals surface area contributed by atoms with E-state index in [1.54, 1.807) is 26.0 Å². The lowest BCUT2D eigenvalue weighted by Crippen LogP contribution is -2.27. The van der Waals surface area contributed by atoms with Gasteiger partial charge in [-0.15, -0.1) is 0 Å². The van der Waals surface area contributed by atoms with Crippen LogP contribution in [0.5, 0.6) is 0 Å². The quantitative estimate of drug-likeness (QED) is 0.416. The Kier molecular flexibility index (Phi) is 6.66. The maximum atomic E-state index is 13.1. The third kappa shape index (κ3) is 5.56. The largest absolute Gasteiger partial charge is 0.433 e. The molecule has 1 aliphatic rings. The summed E-state index contributed by atoms with van der Waals surface area (Å²) < 4.78 is 41.1. The first kappa shape index (κ1) is 26.1. The number of rotatable bonds is 4. The van der Waals surface area contributed by atoms with Gasteiger partial charge in [-0.05, 0) is 75.1 Å². The fraction of sp³-hybridized carbons (Fsp3) is 0.519. The van der Waals surface area contributed by atoms with Gasteiger partial charge in [0.25, 0.3) is 5.91 Å². The summed E-state index contributed by atoms with van der Waals surface area (Å²) in [5, 5.41) is 19.0. The zero-order chi connectivity index (χ0) is 26.5. The first-order valence-corrected chi connectivity index (χ1v) is 12.2. The number of alkyl halides is 3. The Morgan fingerprint density at radius 2 is 1.72 bits per heavy atom. The number of amides is 1.